The van der Waals surface area contributed by atoms with Gasteiger partial charge in [0, 0.05) is 12.6 Å². The number of halogens is 2. The molecule has 0 bridgehead atoms. The van der Waals surface area contributed by atoms with Gasteiger partial charge in [-0.05, 0) is 37.6 Å². The lowest BCUT2D eigenvalue weighted by molar-refractivity contribution is 0.319. The molecule has 23 heavy (non-hydrogen) atoms. The fourth-order valence-electron chi connectivity index (χ4n) is 2.09. The zero-order valence-corrected chi connectivity index (χ0v) is 13.6. The van der Waals surface area contributed by atoms with Crippen LogP contribution in [0, 0.1) is 25.5 Å². The average Bonchev–Trinajstić information content (AvgIpc) is 2.47. The lowest BCUT2D eigenvalue weighted by Crippen LogP contribution is -2.28. The van der Waals surface area contributed by atoms with E-state index in [4.69, 9.17) is 4.74 Å². The third kappa shape index (κ3) is 4.49. The van der Waals surface area contributed by atoms with Crippen LogP contribution in [0.25, 0.3) is 0 Å². The molecule has 7 heteroatoms. The van der Waals surface area contributed by atoms with E-state index in [1.54, 1.807) is 25.1 Å². The highest BCUT2D eigenvalue weighted by Gasteiger charge is 2.16. The minimum atomic E-state index is -3.64. The summed E-state index contributed by atoms with van der Waals surface area (Å²) < 4.78 is 57.8. The Bertz CT molecular complexity index is 807. The SMILES string of the molecule is Cc1ccc(S(=O)(=O)NCCOc2ccc(F)c(F)c2)c(C)c1. The highest BCUT2D eigenvalue weighted by atomic mass is 32.2. The van der Waals surface area contributed by atoms with Crippen LogP contribution in [-0.2, 0) is 10.0 Å². The minimum Gasteiger partial charge on any atom is -0.492 e. The van der Waals surface area contributed by atoms with Crippen LogP contribution in [0.1, 0.15) is 11.1 Å². The lowest BCUT2D eigenvalue weighted by Gasteiger charge is -2.11. The molecule has 2 aromatic carbocycles. The van der Waals surface area contributed by atoms with Crippen LogP contribution in [0.15, 0.2) is 41.3 Å². The van der Waals surface area contributed by atoms with Crippen molar-refractivity contribution in [1.82, 2.24) is 4.72 Å². The molecule has 0 aliphatic carbocycles. The second-order valence-corrected chi connectivity index (χ2v) is 6.83. The van der Waals surface area contributed by atoms with Gasteiger partial charge in [-0.3, -0.25) is 0 Å². The largest absolute Gasteiger partial charge is 0.492 e. The predicted molar refractivity (Wildman–Crippen MR) is 83.0 cm³/mol. The van der Waals surface area contributed by atoms with E-state index in [9.17, 15) is 17.2 Å². The smallest absolute Gasteiger partial charge is 0.240 e. The second-order valence-electron chi connectivity index (χ2n) is 5.09. The van der Waals surface area contributed by atoms with E-state index >= 15 is 0 Å². The molecular weight excluding hydrogens is 324 g/mol. The van der Waals surface area contributed by atoms with Gasteiger partial charge in [0.2, 0.25) is 10.0 Å². The van der Waals surface area contributed by atoms with Crippen molar-refractivity contribution in [1.29, 1.82) is 0 Å². The highest BCUT2D eigenvalue weighted by Crippen LogP contribution is 2.17. The molecule has 0 aliphatic rings. The number of rotatable bonds is 6. The Labute approximate surface area is 134 Å². The van der Waals surface area contributed by atoms with Gasteiger partial charge in [0.1, 0.15) is 12.4 Å². The van der Waals surface area contributed by atoms with Crippen LogP contribution in [0.2, 0.25) is 0 Å². The van der Waals surface area contributed by atoms with Crippen molar-refractivity contribution in [3.63, 3.8) is 0 Å². The van der Waals surface area contributed by atoms with Crippen molar-refractivity contribution in [3.05, 3.63) is 59.2 Å². The third-order valence-electron chi connectivity index (χ3n) is 3.17. The van der Waals surface area contributed by atoms with E-state index in [2.05, 4.69) is 4.72 Å². The van der Waals surface area contributed by atoms with E-state index in [1.165, 1.54) is 6.07 Å². The Balaban J connectivity index is 1.93. The normalized spacial score (nSPS) is 11.5. The summed E-state index contributed by atoms with van der Waals surface area (Å²) in [5, 5.41) is 0. The average molecular weight is 341 g/mol. The molecule has 1 N–H and O–H groups in total. The zero-order chi connectivity index (χ0) is 17.0. The Morgan fingerprint density at radius 2 is 1.78 bits per heavy atom. The molecule has 2 rings (SSSR count). The molecule has 0 radical (unpaired) electrons. The van der Waals surface area contributed by atoms with Gasteiger partial charge in [-0.2, -0.15) is 0 Å². The molecule has 0 atom stereocenters. The van der Waals surface area contributed by atoms with Gasteiger partial charge in [0.25, 0.3) is 0 Å². The van der Waals surface area contributed by atoms with Crippen molar-refractivity contribution in [3.8, 4) is 5.75 Å². The predicted octanol–water partition coefficient (Wildman–Crippen LogP) is 2.94. The number of hydrogen-bond acceptors (Lipinski definition) is 3. The van der Waals surface area contributed by atoms with Gasteiger partial charge < -0.3 is 4.74 Å². The van der Waals surface area contributed by atoms with Crippen molar-refractivity contribution in [2.45, 2.75) is 18.7 Å². The fraction of sp³-hybridized carbons (Fsp3) is 0.250. The summed E-state index contributed by atoms with van der Waals surface area (Å²) in [5.41, 5.74) is 1.63. The monoisotopic (exact) mass is 341 g/mol. The van der Waals surface area contributed by atoms with Crippen LogP contribution in [0.5, 0.6) is 5.75 Å². The maximum atomic E-state index is 13.0. The molecular formula is C16H17F2NO3S. The van der Waals surface area contributed by atoms with Gasteiger partial charge in [-0.1, -0.05) is 17.7 Å². The highest BCUT2D eigenvalue weighted by molar-refractivity contribution is 7.89. The summed E-state index contributed by atoms with van der Waals surface area (Å²) in [6.07, 6.45) is 0. The maximum Gasteiger partial charge on any atom is 0.240 e. The fourth-order valence-corrected chi connectivity index (χ4v) is 3.33. The Morgan fingerprint density at radius 1 is 1.04 bits per heavy atom. The summed E-state index contributed by atoms with van der Waals surface area (Å²) in [5.74, 6) is -1.85. The first-order valence-corrected chi connectivity index (χ1v) is 8.43. The number of nitrogens with one attached hydrogen (secondary N) is 1. The zero-order valence-electron chi connectivity index (χ0n) is 12.8. The van der Waals surface area contributed by atoms with Crippen LogP contribution in [-0.4, -0.2) is 21.6 Å². The Morgan fingerprint density at radius 3 is 2.43 bits per heavy atom. The van der Waals surface area contributed by atoms with Gasteiger partial charge in [0.15, 0.2) is 11.6 Å². The molecule has 0 aromatic heterocycles. The molecule has 0 spiro atoms. The van der Waals surface area contributed by atoms with Crippen LogP contribution >= 0.6 is 0 Å². The molecule has 0 saturated carbocycles. The van der Waals surface area contributed by atoms with Crippen LogP contribution < -0.4 is 9.46 Å². The summed E-state index contributed by atoms with van der Waals surface area (Å²) in [6.45, 7) is 3.61. The number of benzene rings is 2. The van der Waals surface area contributed by atoms with Crippen molar-refractivity contribution in [2.75, 3.05) is 13.2 Å². The van der Waals surface area contributed by atoms with Crippen molar-refractivity contribution < 1.29 is 21.9 Å². The van der Waals surface area contributed by atoms with E-state index in [-0.39, 0.29) is 23.8 Å². The third-order valence-corrected chi connectivity index (χ3v) is 4.80. The topological polar surface area (TPSA) is 55.4 Å². The summed E-state index contributed by atoms with van der Waals surface area (Å²) in [7, 11) is -3.64. The second kappa shape index (κ2) is 7.06. The van der Waals surface area contributed by atoms with E-state index in [0.29, 0.717) is 5.56 Å². The van der Waals surface area contributed by atoms with Crippen molar-refractivity contribution in [2.24, 2.45) is 0 Å². The summed E-state index contributed by atoms with van der Waals surface area (Å²) >= 11 is 0. The Kier molecular flexibility index (Phi) is 5.33. The number of sulfonamides is 1. The molecule has 0 aliphatic heterocycles. The first-order chi connectivity index (χ1) is 10.8. The van der Waals surface area contributed by atoms with Crippen molar-refractivity contribution >= 4 is 10.0 Å². The molecule has 0 amide bonds. The summed E-state index contributed by atoms with van der Waals surface area (Å²) in [4.78, 5) is 0.205. The maximum absolute atomic E-state index is 13.0. The number of hydrogen-bond donors (Lipinski definition) is 1. The van der Waals surface area contributed by atoms with Crippen LogP contribution in [0.4, 0.5) is 8.78 Å². The van der Waals surface area contributed by atoms with Gasteiger partial charge in [-0.15, -0.1) is 0 Å². The molecule has 0 saturated heterocycles. The van der Waals surface area contributed by atoms with E-state index in [0.717, 1.165) is 17.7 Å². The van der Waals surface area contributed by atoms with Gasteiger partial charge in [-0.25, -0.2) is 21.9 Å². The van der Waals surface area contributed by atoms with Gasteiger partial charge >= 0.3 is 0 Å². The molecule has 0 unspecified atom stereocenters. The first kappa shape index (κ1) is 17.4. The molecule has 0 fully saturated rings. The van der Waals surface area contributed by atoms with Crippen LogP contribution in [0.3, 0.4) is 0 Å². The molecule has 4 nitrogen and oxygen atoms in total. The molecule has 2 aromatic rings. The first-order valence-electron chi connectivity index (χ1n) is 6.94. The van der Waals surface area contributed by atoms with E-state index < -0.39 is 21.7 Å². The van der Waals surface area contributed by atoms with Gasteiger partial charge in [0.05, 0.1) is 4.90 Å². The molecule has 0 heterocycles. The quantitative estimate of drug-likeness (QED) is 0.822. The molecule has 124 valence electrons. The lowest BCUT2D eigenvalue weighted by atomic mass is 10.2. The number of ether oxygens (including phenoxy) is 1. The standard InChI is InChI=1S/C16H17F2NO3S/c1-11-3-6-16(12(2)9-11)23(20,21)19-7-8-22-13-4-5-14(17)15(18)10-13/h3-6,9-10,19H,7-8H2,1-2H3. The summed E-state index contributed by atoms with van der Waals surface area (Å²) in [6, 6.07) is 8.18. The number of aryl methyl sites for hydroxylation is 2. The Hall–Kier alpha value is -1.99. The van der Waals surface area contributed by atoms with E-state index in [1.807, 2.05) is 6.92 Å². The minimum absolute atomic E-state index is 0.00475.